The first-order valence-electron chi connectivity index (χ1n) is 16.4. The molecule has 3 aromatic carbocycles. The molecule has 1 aliphatic rings. The summed E-state index contributed by atoms with van der Waals surface area (Å²) in [5.41, 5.74) is 2.25. The monoisotopic (exact) mass is 694 g/mol. The molecular weight excluding hydrogens is 657 g/mol. The Hall–Kier alpha value is -5.21. The number of hydrogen-bond acceptors (Lipinski definition) is 9. The number of anilines is 1. The van der Waals surface area contributed by atoms with Gasteiger partial charge in [-0.3, -0.25) is 14.7 Å². The van der Waals surface area contributed by atoms with Crippen LogP contribution in [0.25, 0.3) is 27.8 Å². The molecule has 0 unspecified atom stereocenters. The standard InChI is InChI=1S/C35H37F3N6O6/c1-33(2)13-14-34(3,4)22-19-28(49-16-8-6-5-7-15-39-23-10-12-26(44(47)48)30-29(23)41-50-42-30)27(18-21(22)33)43-25-11-9-20(31(45)46)17-24(25)40-32(43)35(36,37)38/h9-12,17-19,39H,5-8,13-16H2,1-4H3,(H,45,46). The van der Waals surface area contributed by atoms with Crippen LogP contribution in [0.15, 0.2) is 47.1 Å². The van der Waals surface area contributed by atoms with Crippen molar-refractivity contribution >= 4 is 39.4 Å². The normalized spacial score (nSPS) is 15.3. The van der Waals surface area contributed by atoms with Gasteiger partial charge in [0.15, 0.2) is 5.52 Å². The average molecular weight is 695 g/mol. The summed E-state index contributed by atoms with van der Waals surface area (Å²) in [4.78, 5) is 26.2. The van der Waals surface area contributed by atoms with Crippen molar-refractivity contribution in [2.24, 2.45) is 0 Å². The highest BCUT2D eigenvalue weighted by Gasteiger charge is 2.41. The Labute approximate surface area is 284 Å². The number of alkyl halides is 3. The van der Waals surface area contributed by atoms with Gasteiger partial charge in [-0.25, -0.2) is 14.4 Å². The van der Waals surface area contributed by atoms with Crippen LogP contribution >= 0.6 is 0 Å². The van der Waals surface area contributed by atoms with Crippen LogP contribution in [0.2, 0.25) is 0 Å². The number of aromatic nitrogens is 4. The number of rotatable bonds is 12. The fourth-order valence-corrected chi connectivity index (χ4v) is 6.65. The van der Waals surface area contributed by atoms with Crippen LogP contribution in [0.5, 0.6) is 5.75 Å². The molecule has 5 aromatic rings. The summed E-state index contributed by atoms with van der Waals surface area (Å²) in [6.45, 7) is 9.25. The number of carboxylic acid groups (broad SMARTS) is 1. The van der Waals surface area contributed by atoms with E-state index in [1.54, 1.807) is 12.1 Å². The number of nitrogens with one attached hydrogen (secondary N) is 1. The molecule has 0 amide bonds. The van der Waals surface area contributed by atoms with Crippen LogP contribution in [0.3, 0.4) is 0 Å². The van der Waals surface area contributed by atoms with Crippen molar-refractivity contribution in [1.82, 2.24) is 19.9 Å². The lowest BCUT2D eigenvalue weighted by molar-refractivity contribution is -0.383. The molecule has 0 spiro atoms. The van der Waals surface area contributed by atoms with Crippen LogP contribution in [0.4, 0.5) is 24.5 Å². The van der Waals surface area contributed by atoms with E-state index in [9.17, 15) is 33.2 Å². The van der Waals surface area contributed by atoms with E-state index in [1.165, 1.54) is 18.2 Å². The second-order valence-electron chi connectivity index (χ2n) is 14.0. The highest BCUT2D eigenvalue weighted by Crippen LogP contribution is 2.49. The molecular formula is C35H37F3N6O6. The Morgan fingerprint density at radius 3 is 2.36 bits per heavy atom. The molecule has 0 saturated heterocycles. The molecule has 0 bridgehead atoms. The van der Waals surface area contributed by atoms with E-state index >= 15 is 0 Å². The Balaban J connectivity index is 1.22. The number of nitro benzene ring substituents is 1. The molecule has 1 aliphatic carbocycles. The van der Waals surface area contributed by atoms with Gasteiger partial charge in [-0.15, -0.1) is 0 Å². The first-order valence-corrected chi connectivity index (χ1v) is 16.4. The molecule has 50 heavy (non-hydrogen) atoms. The van der Waals surface area contributed by atoms with Crippen molar-refractivity contribution in [3.8, 4) is 11.4 Å². The lowest BCUT2D eigenvalue weighted by atomic mass is 9.63. The van der Waals surface area contributed by atoms with Crippen LogP contribution in [0.1, 0.15) is 93.5 Å². The fraction of sp³-hybridized carbons (Fsp3) is 0.429. The molecule has 0 saturated carbocycles. The van der Waals surface area contributed by atoms with Crippen LogP contribution in [-0.2, 0) is 17.0 Å². The number of benzene rings is 3. The summed E-state index contributed by atoms with van der Waals surface area (Å²) in [6, 6.07) is 10.4. The highest BCUT2D eigenvalue weighted by molar-refractivity contribution is 5.94. The van der Waals surface area contributed by atoms with Gasteiger partial charge in [-0.1, -0.05) is 40.5 Å². The maximum Gasteiger partial charge on any atom is 0.450 e. The zero-order valence-electron chi connectivity index (χ0n) is 28.1. The van der Waals surface area contributed by atoms with Crippen LogP contribution < -0.4 is 10.1 Å². The maximum absolute atomic E-state index is 14.6. The molecule has 15 heteroatoms. The fourth-order valence-electron chi connectivity index (χ4n) is 6.65. The van der Waals surface area contributed by atoms with E-state index in [0.717, 1.165) is 53.9 Å². The average Bonchev–Trinajstić information content (AvgIpc) is 3.70. The Morgan fingerprint density at radius 2 is 1.68 bits per heavy atom. The quantitative estimate of drug-likeness (QED) is 0.0736. The van der Waals surface area contributed by atoms with Crippen LogP contribution in [-0.4, -0.2) is 49.0 Å². The van der Waals surface area contributed by atoms with Gasteiger partial charge in [0.1, 0.15) is 5.75 Å². The zero-order chi connectivity index (χ0) is 36.0. The summed E-state index contributed by atoms with van der Waals surface area (Å²) in [5.74, 6) is -2.12. The van der Waals surface area contributed by atoms with Crippen molar-refractivity contribution in [3.63, 3.8) is 0 Å². The van der Waals surface area contributed by atoms with Gasteiger partial charge in [0.05, 0.1) is 39.5 Å². The number of fused-ring (bicyclic) bond motifs is 3. The molecule has 2 heterocycles. The first-order chi connectivity index (χ1) is 23.6. The third kappa shape index (κ3) is 6.55. The van der Waals surface area contributed by atoms with Crippen molar-refractivity contribution in [2.45, 2.75) is 83.2 Å². The third-order valence-corrected chi connectivity index (χ3v) is 9.56. The second kappa shape index (κ2) is 12.9. The van der Waals surface area contributed by atoms with Gasteiger partial charge in [-0.05, 0) is 94.4 Å². The summed E-state index contributed by atoms with van der Waals surface area (Å²) >= 11 is 0. The lowest BCUT2D eigenvalue weighted by Gasteiger charge is -2.42. The molecule has 0 atom stereocenters. The van der Waals surface area contributed by atoms with E-state index < -0.39 is 22.9 Å². The highest BCUT2D eigenvalue weighted by atomic mass is 19.4. The van der Waals surface area contributed by atoms with Gasteiger partial charge in [0, 0.05) is 12.6 Å². The van der Waals surface area contributed by atoms with E-state index in [4.69, 9.17) is 9.37 Å². The minimum Gasteiger partial charge on any atom is -0.491 e. The number of carboxylic acids is 1. The number of nitro groups is 1. The minimum atomic E-state index is -4.83. The SMILES string of the molecule is CC1(C)CCC(C)(C)c2cc(-n3c(C(F)(F)F)nc4cc(C(=O)O)ccc43)c(OCCCCCCNc3ccc([N+](=O)[O-])c4nonc34)cc21. The maximum atomic E-state index is 14.6. The van der Waals surface area contributed by atoms with Gasteiger partial charge in [0.2, 0.25) is 11.3 Å². The van der Waals surface area contributed by atoms with Crippen LogP contribution in [0, 0.1) is 10.1 Å². The number of ether oxygens (including phenoxy) is 1. The Bertz CT molecular complexity index is 2100. The summed E-state index contributed by atoms with van der Waals surface area (Å²) in [7, 11) is 0. The van der Waals surface area contributed by atoms with E-state index in [0.29, 0.717) is 24.4 Å². The number of non-ortho nitro benzene ring substituents is 1. The minimum absolute atomic E-state index is 0.0710. The van der Waals surface area contributed by atoms with Crippen molar-refractivity contribution < 1.29 is 37.4 Å². The zero-order valence-corrected chi connectivity index (χ0v) is 28.1. The number of carbonyl (C=O) groups is 1. The Morgan fingerprint density at radius 1 is 1.00 bits per heavy atom. The third-order valence-electron chi connectivity index (χ3n) is 9.56. The van der Waals surface area contributed by atoms with E-state index in [-0.39, 0.29) is 56.4 Å². The van der Waals surface area contributed by atoms with Gasteiger partial charge >= 0.3 is 17.8 Å². The largest absolute Gasteiger partial charge is 0.491 e. The van der Waals surface area contributed by atoms with Crippen molar-refractivity contribution in [1.29, 1.82) is 0 Å². The van der Waals surface area contributed by atoms with Crippen molar-refractivity contribution in [3.05, 3.63) is 75.1 Å². The van der Waals surface area contributed by atoms with E-state index in [1.807, 2.05) is 6.07 Å². The summed E-state index contributed by atoms with van der Waals surface area (Å²) < 4.78 is 55.8. The molecule has 2 N–H and O–H groups in total. The lowest BCUT2D eigenvalue weighted by Crippen LogP contribution is -2.34. The van der Waals surface area contributed by atoms with Gasteiger partial charge < -0.3 is 15.2 Å². The van der Waals surface area contributed by atoms with Crippen molar-refractivity contribution in [2.75, 3.05) is 18.5 Å². The first kappa shape index (κ1) is 34.6. The number of aromatic carboxylic acids is 1. The number of hydrogen-bond donors (Lipinski definition) is 2. The molecule has 264 valence electrons. The molecule has 0 fully saturated rings. The number of halogens is 3. The summed E-state index contributed by atoms with van der Waals surface area (Å²) in [5, 5.41) is 31.3. The predicted molar refractivity (Wildman–Crippen MR) is 179 cm³/mol. The molecule has 6 rings (SSSR count). The number of unbranched alkanes of at least 4 members (excludes halogenated alkanes) is 3. The number of nitrogens with zero attached hydrogens (tertiary/aromatic N) is 5. The predicted octanol–water partition coefficient (Wildman–Crippen LogP) is 8.59. The molecule has 0 radical (unpaired) electrons. The number of imidazole rings is 1. The topological polar surface area (TPSA) is 158 Å². The smallest absolute Gasteiger partial charge is 0.450 e. The second-order valence-corrected chi connectivity index (χ2v) is 14.0. The Kier molecular flexibility index (Phi) is 8.95. The summed E-state index contributed by atoms with van der Waals surface area (Å²) in [6.07, 6.45) is -0.0734. The molecule has 12 nitrogen and oxygen atoms in total. The van der Waals surface area contributed by atoms with E-state index in [2.05, 4.69) is 48.3 Å². The van der Waals surface area contributed by atoms with Gasteiger partial charge in [-0.2, -0.15) is 13.2 Å². The van der Waals surface area contributed by atoms with Gasteiger partial charge in [0.25, 0.3) is 0 Å². The molecule has 2 aromatic heterocycles. The molecule has 0 aliphatic heterocycles.